The topological polar surface area (TPSA) is 65.0 Å². The van der Waals surface area contributed by atoms with Crippen LogP contribution in [0.15, 0.2) is 12.7 Å². The molecule has 0 unspecified atom stereocenters. The molecule has 0 aliphatic rings. The number of hydrogen-bond donors (Lipinski definition) is 1. The van der Waals surface area contributed by atoms with Gasteiger partial charge in [0, 0.05) is 5.10 Å². The van der Waals surface area contributed by atoms with Gasteiger partial charge < -0.3 is 10.2 Å². The molecule has 0 aliphatic heterocycles. The Morgan fingerprint density at radius 1 is 0.815 bits per heavy atom. The first-order chi connectivity index (χ1) is 11.7. The monoisotopic (exact) mass is 429 g/mol. The third kappa shape index (κ3) is 4.22. The van der Waals surface area contributed by atoms with Crippen LogP contribution in [0.25, 0.3) is 0 Å². The Kier molecular flexibility index (Phi) is 5.50. The first-order valence-electron chi connectivity index (χ1n) is 6.27. The number of aromatic nitrogens is 3. The Morgan fingerprint density at radius 2 is 1.22 bits per heavy atom. The zero-order valence-electron chi connectivity index (χ0n) is 12.3. The standard InChI is InChI=1S/C10H7F12N3O2/c11-7(12,13)5(26,8(14,15)16)1-24-3-23-25(4-24)2-6(27,9(17,18)19)10(20,21)22/h3-4,27H,1-2H2. The van der Waals surface area contributed by atoms with Gasteiger partial charge in [0.1, 0.15) is 5.60 Å². The Labute approximate surface area is 140 Å². The second kappa shape index (κ2) is 6.39. The third-order valence-electron chi connectivity index (χ3n) is 3.28. The summed E-state index contributed by atoms with van der Waals surface area (Å²) in [5, 5.41) is 22.8. The molecule has 1 heterocycles. The molecule has 0 saturated carbocycles. The van der Waals surface area contributed by atoms with Gasteiger partial charge in [-0.2, -0.15) is 52.7 Å². The number of aliphatic hydroxyl groups is 1. The molecule has 1 rings (SSSR count). The molecule has 0 bridgehead atoms. The summed E-state index contributed by atoms with van der Waals surface area (Å²) in [6.07, 6.45) is -25.6. The molecule has 1 N–H and O–H groups in total. The van der Waals surface area contributed by atoms with Crippen molar-refractivity contribution in [1.82, 2.24) is 9.78 Å². The average Bonchev–Trinajstić information content (AvgIpc) is 2.80. The molecule has 0 atom stereocenters. The van der Waals surface area contributed by atoms with E-state index in [1.165, 1.54) is 0 Å². The van der Waals surface area contributed by atoms with Crippen molar-refractivity contribution in [2.24, 2.45) is 0 Å². The van der Waals surface area contributed by atoms with Crippen LogP contribution in [-0.4, -0.2) is 50.8 Å². The quantitative estimate of drug-likeness (QED) is 0.579. The number of hydrogen-bond acceptors (Lipinski definition) is 3. The summed E-state index contributed by atoms with van der Waals surface area (Å²) in [5.41, 5.74) is -11.0. The summed E-state index contributed by atoms with van der Waals surface area (Å²) in [5.74, 6) is 0. The van der Waals surface area contributed by atoms with Gasteiger partial charge in [0.2, 0.25) is 6.33 Å². The highest BCUT2D eigenvalue weighted by atomic mass is 19.4. The van der Waals surface area contributed by atoms with Crippen LogP contribution in [0.1, 0.15) is 0 Å². The summed E-state index contributed by atoms with van der Waals surface area (Å²) >= 11 is 0. The molecule has 0 saturated heterocycles. The number of alkyl halides is 12. The van der Waals surface area contributed by atoms with E-state index in [1.807, 2.05) is 0 Å². The molecule has 158 valence electrons. The molecule has 27 heavy (non-hydrogen) atoms. The van der Waals surface area contributed by atoms with E-state index in [2.05, 4.69) is 5.10 Å². The van der Waals surface area contributed by atoms with Crippen LogP contribution in [0.2, 0.25) is 0 Å². The van der Waals surface area contributed by atoms with Crippen LogP contribution in [0.3, 0.4) is 0 Å². The SMILES string of the molecule is [O-]C(C[n+]1cnn(CC(O)(C(F)(F)F)C(F)(F)F)c1)(C(F)(F)F)C(F)(F)F. The van der Waals surface area contributed by atoms with Gasteiger partial charge in [-0.3, -0.25) is 0 Å². The van der Waals surface area contributed by atoms with Gasteiger partial charge in [0.05, 0.1) is 6.54 Å². The van der Waals surface area contributed by atoms with Gasteiger partial charge in [-0.25, -0.2) is 4.57 Å². The minimum absolute atomic E-state index is 0.0305. The molecule has 5 nitrogen and oxygen atoms in total. The largest absolute Gasteiger partial charge is 0.834 e. The lowest BCUT2D eigenvalue weighted by Crippen LogP contribution is -2.72. The van der Waals surface area contributed by atoms with E-state index < -0.39 is 53.7 Å². The van der Waals surface area contributed by atoms with Gasteiger partial charge in [0.25, 0.3) is 11.9 Å². The molecule has 0 aliphatic carbocycles. The highest BCUT2D eigenvalue weighted by Gasteiger charge is 2.72. The summed E-state index contributed by atoms with van der Waals surface area (Å²) in [4.78, 5) is 0. The van der Waals surface area contributed by atoms with Gasteiger partial charge in [0.15, 0.2) is 6.54 Å². The van der Waals surface area contributed by atoms with E-state index in [4.69, 9.17) is 5.11 Å². The molecule has 0 aromatic carbocycles. The van der Waals surface area contributed by atoms with E-state index in [0.717, 1.165) is 0 Å². The van der Waals surface area contributed by atoms with Gasteiger partial charge in [-0.1, -0.05) is 0 Å². The smallest absolute Gasteiger partial charge is 0.429 e. The van der Waals surface area contributed by atoms with E-state index >= 15 is 0 Å². The van der Waals surface area contributed by atoms with Crippen molar-refractivity contribution in [3.05, 3.63) is 12.7 Å². The van der Waals surface area contributed by atoms with E-state index in [0.29, 0.717) is 0 Å². The Bertz CT molecular complexity index is 574. The maximum atomic E-state index is 12.5. The fourth-order valence-electron chi connectivity index (χ4n) is 1.70. The van der Waals surface area contributed by atoms with E-state index in [9.17, 15) is 57.8 Å². The Hall–Kier alpha value is -1.78. The van der Waals surface area contributed by atoms with Crippen molar-refractivity contribution in [3.8, 4) is 0 Å². The van der Waals surface area contributed by atoms with Gasteiger partial charge in [-0.05, 0) is 0 Å². The fourth-order valence-corrected chi connectivity index (χ4v) is 1.70. The van der Waals surface area contributed by atoms with Gasteiger partial charge in [-0.15, -0.1) is 4.68 Å². The second-order valence-corrected chi connectivity index (χ2v) is 5.29. The number of nitrogens with zero attached hydrogens (tertiary/aromatic N) is 3. The van der Waals surface area contributed by atoms with E-state index in [-0.39, 0.29) is 17.2 Å². The normalized spacial score (nSPS) is 15.3. The van der Waals surface area contributed by atoms with Crippen LogP contribution >= 0.6 is 0 Å². The van der Waals surface area contributed by atoms with Crippen molar-refractivity contribution in [2.45, 2.75) is 49.0 Å². The minimum atomic E-state index is -6.39. The maximum absolute atomic E-state index is 12.5. The molecular formula is C10H7F12N3O2. The predicted molar refractivity (Wildman–Crippen MR) is 54.3 cm³/mol. The van der Waals surface area contributed by atoms with Crippen molar-refractivity contribution >= 4 is 0 Å². The molecule has 0 radical (unpaired) electrons. The molecule has 0 amide bonds. The molecule has 0 fully saturated rings. The first kappa shape index (κ1) is 23.3. The maximum Gasteiger partial charge on any atom is 0.429 e. The molecule has 1 aromatic heterocycles. The van der Waals surface area contributed by atoms with Crippen LogP contribution in [0, 0.1) is 0 Å². The lowest BCUT2D eigenvalue weighted by molar-refractivity contribution is -0.762. The van der Waals surface area contributed by atoms with Crippen LogP contribution in [0.4, 0.5) is 52.7 Å². The highest BCUT2D eigenvalue weighted by Crippen LogP contribution is 2.44. The van der Waals surface area contributed by atoms with Crippen molar-refractivity contribution in [2.75, 3.05) is 0 Å². The summed E-state index contributed by atoms with van der Waals surface area (Å²) in [6.45, 7) is -4.91. The number of halogens is 12. The fraction of sp³-hybridized carbons (Fsp3) is 0.800. The molecule has 1 aromatic rings. The van der Waals surface area contributed by atoms with Crippen molar-refractivity contribution in [3.63, 3.8) is 0 Å². The molecular weight excluding hydrogens is 422 g/mol. The van der Waals surface area contributed by atoms with Gasteiger partial charge >= 0.3 is 24.7 Å². The zero-order valence-corrected chi connectivity index (χ0v) is 12.3. The Morgan fingerprint density at radius 3 is 1.56 bits per heavy atom. The van der Waals surface area contributed by atoms with E-state index in [1.54, 1.807) is 0 Å². The first-order valence-corrected chi connectivity index (χ1v) is 6.27. The predicted octanol–water partition coefficient (Wildman–Crippen LogP) is 1.25. The highest BCUT2D eigenvalue weighted by molar-refractivity contribution is 4.93. The van der Waals surface area contributed by atoms with Crippen LogP contribution < -0.4 is 9.67 Å². The average molecular weight is 429 g/mol. The lowest BCUT2D eigenvalue weighted by atomic mass is 10.0. The zero-order chi connectivity index (χ0) is 21.7. The summed E-state index contributed by atoms with van der Waals surface area (Å²) in [7, 11) is 0. The lowest BCUT2D eigenvalue weighted by Gasteiger charge is -2.41. The van der Waals surface area contributed by atoms with Crippen molar-refractivity contribution < 1.29 is 67.5 Å². The molecule has 17 heteroatoms. The number of rotatable bonds is 4. The Balaban J connectivity index is 3.22. The molecule has 0 spiro atoms. The minimum Gasteiger partial charge on any atom is -0.834 e. The van der Waals surface area contributed by atoms with Crippen LogP contribution in [0.5, 0.6) is 0 Å². The third-order valence-corrected chi connectivity index (χ3v) is 3.28. The van der Waals surface area contributed by atoms with Crippen molar-refractivity contribution in [1.29, 1.82) is 0 Å². The summed E-state index contributed by atoms with van der Waals surface area (Å²) in [6, 6.07) is 0. The second-order valence-electron chi connectivity index (χ2n) is 5.29. The van der Waals surface area contributed by atoms with Crippen LogP contribution in [-0.2, 0) is 13.1 Å². The summed E-state index contributed by atoms with van der Waals surface area (Å²) < 4.78 is 149.